The van der Waals surface area contributed by atoms with Gasteiger partial charge in [-0.2, -0.15) is 11.8 Å². The third-order valence-electron chi connectivity index (χ3n) is 2.86. The number of nitrogens with one attached hydrogen (secondary N) is 2. The van der Waals surface area contributed by atoms with Crippen LogP contribution in [-0.4, -0.2) is 37.7 Å². The zero-order valence-electron chi connectivity index (χ0n) is 12.8. The normalized spacial score (nSPS) is 12.9. The topological polar surface area (TPSA) is 45.7 Å². The van der Waals surface area contributed by atoms with Crippen molar-refractivity contribution in [2.75, 3.05) is 26.5 Å². The van der Waals surface area contributed by atoms with Gasteiger partial charge in [0, 0.05) is 18.3 Å². The monoisotopic (exact) mass is 295 g/mol. The van der Waals surface area contributed by atoms with E-state index in [0.29, 0.717) is 11.8 Å². The van der Waals surface area contributed by atoms with E-state index < -0.39 is 0 Å². The molecule has 0 aliphatic heterocycles. The van der Waals surface area contributed by atoms with Gasteiger partial charge < -0.3 is 15.4 Å². The van der Waals surface area contributed by atoms with Gasteiger partial charge >= 0.3 is 0 Å². The number of benzene rings is 1. The molecule has 0 aliphatic carbocycles. The van der Waals surface area contributed by atoms with Crippen LogP contribution in [-0.2, 0) is 6.54 Å². The van der Waals surface area contributed by atoms with Gasteiger partial charge in [-0.05, 0) is 30.9 Å². The molecule has 0 saturated carbocycles. The Labute approximate surface area is 126 Å². The molecule has 5 heteroatoms. The molecule has 4 nitrogen and oxygen atoms in total. The van der Waals surface area contributed by atoms with E-state index >= 15 is 0 Å². The molecule has 0 fully saturated rings. The van der Waals surface area contributed by atoms with Crippen LogP contribution in [0.25, 0.3) is 0 Å². The first-order valence-electron chi connectivity index (χ1n) is 6.87. The summed E-state index contributed by atoms with van der Waals surface area (Å²) in [5.74, 6) is 1.72. The van der Waals surface area contributed by atoms with E-state index in [9.17, 15) is 0 Å². The van der Waals surface area contributed by atoms with Gasteiger partial charge in [-0.15, -0.1) is 0 Å². The Kier molecular flexibility index (Phi) is 7.95. The Morgan fingerprint density at radius 1 is 1.40 bits per heavy atom. The molecule has 0 heterocycles. The Bertz CT molecular complexity index is 423. The number of nitrogens with zero attached hydrogens (tertiary/aromatic N) is 1. The fourth-order valence-corrected chi connectivity index (χ4v) is 1.86. The molecule has 1 unspecified atom stereocenters. The van der Waals surface area contributed by atoms with Gasteiger partial charge in [0.2, 0.25) is 0 Å². The molecular weight excluding hydrogens is 270 g/mol. The number of guanidine groups is 1. The van der Waals surface area contributed by atoms with E-state index in [0.717, 1.165) is 30.4 Å². The average Bonchev–Trinajstić information content (AvgIpc) is 2.49. The maximum absolute atomic E-state index is 5.22. The molecule has 0 spiro atoms. The Morgan fingerprint density at radius 3 is 2.85 bits per heavy atom. The lowest BCUT2D eigenvalue weighted by atomic mass is 10.2. The second kappa shape index (κ2) is 9.53. The van der Waals surface area contributed by atoms with Crippen LogP contribution >= 0.6 is 11.8 Å². The van der Waals surface area contributed by atoms with E-state index in [1.807, 2.05) is 30.0 Å². The first-order valence-corrected chi connectivity index (χ1v) is 8.16. The molecule has 1 aromatic rings. The van der Waals surface area contributed by atoms with Crippen molar-refractivity contribution in [3.05, 3.63) is 29.8 Å². The van der Waals surface area contributed by atoms with Crippen LogP contribution < -0.4 is 15.4 Å². The summed E-state index contributed by atoms with van der Waals surface area (Å²) in [4.78, 5) is 4.59. The Hall–Kier alpha value is -1.36. The van der Waals surface area contributed by atoms with Gasteiger partial charge in [0.05, 0.1) is 13.7 Å². The van der Waals surface area contributed by atoms with Crippen LogP contribution in [0.15, 0.2) is 29.3 Å². The highest BCUT2D eigenvalue weighted by atomic mass is 32.2. The number of methoxy groups -OCH3 is 1. The fourth-order valence-electron chi connectivity index (χ4n) is 1.61. The Balaban J connectivity index is 2.60. The maximum Gasteiger partial charge on any atom is 0.191 e. The first-order chi connectivity index (χ1) is 9.69. The standard InChI is InChI=1S/C15H25N3OS/c1-5-16-15(17-10-12(2)20-4)18-11-13-7-6-8-14(9-13)19-3/h6-9,12H,5,10-11H2,1-4H3,(H2,16,17,18). The van der Waals surface area contributed by atoms with E-state index in [2.05, 4.69) is 41.8 Å². The molecule has 112 valence electrons. The minimum Gasteiger partial charge on any atom is -0.497 e. The van der Waals surface area contributed by atoms with Crippen molar-refractivity contribution in [1.82, 2.24) is 10.6 Å². The van der Waals surface area contributed by atoms with Crippen molar-refractivity contribution in [3.8, 4) is 5.75 Å². The second-order valence-electron chi connectivity index (χ2n) is 4.47. The largest absolute Gasteiger partial charge is 0.497 e. The van der Waals surface area contributed by atoms with Crippen molar-refractivity contribution < 1.29 is 4.74 Å². The predicted molar refractivity (Wildman–Crippen MR) is 88.8 cm³/mol. The number of hydrogen-bond donors (Lipinski definition) is 2. The second-order valence-corrected chi connectivity index (χ2v) is 5.75. The summed E-state index contributed by atoms with van der Waals surface area (Å²) in [5, 5.41) is 7.18. The molecule has 0 radical (unpaired) electrons. The van der Waals surface area contributed by atoms with Gasteiger partial charge in [-0.25, -0.2) is 4.99 Å². The van der Waals surface area contributed by atoms with Crippen LogP contribution in [0.3, 0.4) is 0 Å². The van der Waals surface area contributed by atoms with Crippen molar-refractivity contribution in [3.63, 3.8) is 0 Å². The number of hydrogen-bond acceptors (Lipinski definition) is 3. The molecule has 2 N–H and O–H groups in total. The van der Waals surface area contributed by atoms with Crippen molar-refractivity contribution in [2.45, 2.75) is 25.6 Å². The molecule has 0 aliphatic rings. The minimum atomic E-state index is 0.565. The molecule has 1 atom stereocenters. The zero-order chi connectivity index (χ0) is 14.8. The van der Waals surface area contributed by atoms with Crippen LogP contribution in [0.1, 0.15) is 19.4 Å². The molecule has 0 bridgehead atoms. The summed E-state index contributed by atoms with van der Waals surface area (Å²) in [6.45, 7) is 6.67. The van der Waals surface area contributed by atoms with E-state index in [-0.39, 0.29) is 0 Å². The number of rotatable bonds is 7. The molecule has 20 heavy (non-hydrogen) atoms. The van der Waals surface area contributed by atoms with E-state index in [1.54, 1.807) is 7.11 Å². The summed E-state index contributed by atoms with van der Waals surface area (Å²) in [7, 11) is 1.68. The van der Waals surface area contributed by atoms with Crippen molar-refractivity contribution in [2.24, 2.45) is 4.99 Å². The molecule has 1 aromatic carbocycles. The molecular formula is C15H25N3OS. The van der Waals surface area contributed by atoms with Gasteiger partial charge in [0.15, 0.2) is 5.96 Å². The SMILES string of the molecule is CCNC(=NCc1cccc(OC)c1)NCC(C)SC. The predicted octanol–water partition coefficient (Wildman–Crippen LogP) is 2.50. The zero-order valence-corrected chi connectivity index (χ0v) is 13.6. The highest BCUT2D eigenvalue weighted by molar-refractivity contribution is 7.99. The summed E-state index contributed by atoms with van der Waals surface area (Å²) < 4.78 is 5.22. The molecule has 0 saturated heterocycles. The number of ether oxygens (including phenoxy) is 1. The quantitative estimate of drug-likeness (QED) is 0.599. The molecule has 1 rings (SSSR count). The smallest absolute Gasteiger partial charge is 0.191 e. The van der Waals surface area contributed by atoms with Crippen LogP contribution in [0.2, 0.25) is 0 Å². The van der Waals surface area contributed by atoms with Crippen molar-refractivity contribution >= 4 is 17.7 Å². The van der Waals surface area contributed by atoms with Gasteiger partial charge in [0.1, 0.15) is 5.75 Å². The Morgan fingerprint density at radius 2 is 2.20 bits per heavy atom. The summed E-state index contributed by atoms with van der Waals surface area (Å²) in [6, 6.07) is 7.99. The summed E-state index contributed by atoms with van der Waals surface area (Å²) in [6.07, 6.45) is 2.12. The fraction of sp³-hybridized carbons (Fsp3) is 0.533. The summed E-state index contributed by atoms with van der Waals surface area (Å²) in [5.41, 5.74) is 1.14. The highest BCUT2D eigenvalue weighted by Gasteiger charge is 2.02. The lowest BCUT2D eigenvalue weighted by molar-refractivity contribution is 0.414. The van der Waals surface area contributed by atoms with E-state index in [4.69, 9.17) is 4.74 Å². The number of thioether (sulfide) groups is 1. The average molecular weight is 295 g/mol. The van der Waals surface area contributed by atoms with Gasteiger partial charge in [0.25, 0.3) is 0 Å². The molecule has 0 amide bonds. The maximum atomic E-state index is 5.22. The minimum absolute atomic E-state index is 0.565. The first kappa shape index (κ1) is 16.7. The highest BCUT2D eigenvalue weighted by Crippen LogP contribution is 2.13. The summed E-state index contributed by atoms with van der Waals surface area (Å²) >= 11 is 1.84. The van der Waals surface area contributed by atoms with Crippen molar-refractivity contribution in [1.29, 1.82) is 0 Å². The molecule has 0 aromatic heterocycles. The lowest BCUT2D eigenvalue weighted by Gasteiger charge is -2.14. The van der Waals surface area contributed by atoms with Crippen LogP contribution in [0, 0.1) is 0 Å². The third kappa shape index (κ3) is 6.19. The van der Waals surface area contributed by atoms with Crippen LogP contribution in [0.5, 0.6) is 5.75 Å². The van der Waals surface area contributed by atoms with Crippen LogP contribution in [0.4, 0.5) is 0 Å². The lowest BCUT2D eigenvalue weighted by Crippen LogP contribution is -2.40. The third-order valence-corrected chi connectivity index (χ3v) is 3.83. The van der Waals surface area contributed by atoms with Gasteiger partial charge in [-0.1, -0.05) is 19.1 Å². The van der Waals surface area contributed by atoms with E-state index in [1.165, 1.54) is 0 Å². The van der Waals surface area contributed by atoms with Gasteiger partial charge in [-0.3, -0.25) is 0 Å². The number of aliphatic imine (C=N–C) groups is 1.